The maximum atomic E-state index is 9.35. The molecule has 0 fully saturated rings. The average Bonchev–Trinajstić information content (AvgIpc) is 2.26. The SMILES string of the molecule is COCC(O)CCC#Cc1ccccc1. The molecule has 0 radical (unpaired) electrons. The Morgan fingerprint density at radius 2 is 2.07 bits per heavy atom. The lowest BCUT2D eigenvalue weighted by Gasteiger charge is -2.05. The van der Waals surface area contributed by atoms with Gasteiger partial charge in [-0.1, -0.05) is 30.0 Å². The maximum Gasteiger partial charge on any atom is 0.0782 e. The molecular weight excluding hydrogens is 188 g/mol. The van der Waals surface area contributed by atoms with Crippen LogP contribution in [0.2, 0.25) is 0 Å². The van der Waals surface area contributed by atoms with Gasteiger partial charge >= 0.3 is 0 Å². The Morgan fingerprint density at radius 3 is 2.73 bits per heavy atom. The number of ether oxygens (including phenoxy) is 1. The standard InChI is InChI=1S/C13H16O2/c1-15-11-13(14)10-6-5-9-12-7-3-2-4-8-12/h2-4,7-8,13-14H,6,10-11H2,1H3. The highest BCUT2D eigenvalue weighted by atomic mass is 16.5. The van der Waals surface area contributed by atoms with E-state index in [4.69, 9.17) is 4.74 Å². The third kappa shape index (κ3) is 5.21. The van der Waals surface area contributed by atoms with E-state index in [1.807, 2.05) is 30.3 Å². The van der Waals surface area contributed by atoms with Gasteiger partial charge in [0.25, 0.3) is 0 Å². The van der Waals surface area contributed by atoms with Crippen molar-refractivity contribution in [3.63, 3.8) is 0 Å². The Balaban J connectivity index is 2.28. The molecule has 0 aliphatic rings. The first kappa shape index (κ1) is 11.8. The van der Waals surface area contributed by atoms with Crippen molar-refractivity contribution in [2.24, 2.45) is 0 Å². The van der Waals surface area contributed by atoms with Crippen molar-refractivity contribution in [3.8, 4) is 11.8 Å². The summed E-state index contributed by atoms with van der Waals surface area (Å²) in [5, 5.41) is 9.35. The Hall–Kier alpha value is -1.30. The second-order valence-electron chi connectivity index (χ2n) is 3.32. The number of hydrogen-bond acceptors (Lipinski definition) is 2. The molecule has 0 saturated heterocycles. The molecule has 1 aromatic rings. The molecule has 0 aliphatic heterocycles. The van der Waals surface area contributed by atoms with E-state index >= 15 is 0 Å². The molecule has 2 nitrogen and oxygen atoms in total. The van der Waals surface area contributed by atoms with Gasteiger partial charge in [0.05, 0.1) is 12.7 Å². The monoisotopic (exact) mass is 204 g/mol. The maximum absolute atomic E-state index is 9.35. The molecule has 0 amide bonds. The number of aliphatic hydroxyl groups is 1. The second-order valence-corrected chi connectivity index (χ2v) is 3.32. The summed E-state index contributed by atoms with van der Waals surface area (Å²) in [6.07, 6.45) is 0.952. The van der Waals surface area contributed by atoms with Crippen LogP contribution < -0.4 is 0 Å². The molecule has 2 heteroatoms. The van der Waals surface area contributed by atoms with Crippen LogP contribution in [0.4, 0.5) is 0 Å². The van der Waals surface area contributed by atoms with E-state index in [-0.39, 0.29) is 0 Å². The van der Waals surface area contributed by atoms with E-state index in [9.17, 15) is 5.11 Å². The fourth-order valence-corrected chi connectivity index (χ4v) is 1.20. The molecule has 1 aromatic carbocycles. The van der Waals surface area contributed by atoms with Crippen molar-refractivity contribution < 1.29 is 9.84 Å². The van der Waals surface area contributed by atoms with Gasteiger partial charge in [0.1, 0.15) is 0 Å². The van der Waals surface area contributed by atoms with Crippen LogP contribution in [0.3, 0.4) is 0 Å². The van der Waals surface area contributed by atoms with Gasteiger partial charge in [-0.05, 0) is 18.6 Å². The summed E-state index contributed by atoms with van der Waals surface area (Å²) in [5.74, 6) is 6.07. The van der Waals surface area contributed by atoms with E-state index in [0.29, 0.717) is 19.4 Å². The summed E-state index contributed by atoms with van der Waals surface area (Å²) in [4.78, 5) is 0. The first-order chi connectivity index (χ1) is 7.33. The highest BCUT2D eigenvalue weighted by molar-refractivity contribution is 5.33. The minimum Gasteiger partial charge on any atom is -0.391 e. The summed E-state index contributed by atoms with van der Waals surface area (Å²) in [5.41, 5.74) is 1.01. The highest BCUT2D eigenvalue weighted by Crippen LogP contribution is 1.98. The predicted octanol–water partition coefficient (Wildman–Crippen LogP) is 1.83. The number of aliphatic hydroxyl groups excluding tert-OH is 1. The molecule has 1 unspecified atom stereocenters. The van der Waals surface area contributed by atoms with Crippen LogP contribution >= 0.6 is 0 Å². The summed E-state index contributed by atoms with van der Waals surface area (Å²) in [7, 11) is 1.58. The van der Waals surface area contributed by atoms with E-state index in [2.05, 4.69) is 11.8 Å². The number of methoxy groups -OCH3 is 1. The molecule has 0 saturated carbocycles. The number of hydrogen-bond donors (Lipinski definition) is 1. The lowest BCUT2D eigenvalue weighted by molar-refractivity contribution is 0.0603. The van der Waals surface area contributed by atoms with Gasteiger partial charge in [-0.25, -0.2) is 0 Å². The molecule has 0 spiro atoms. The lowest BCUT2D eigenvalue weighted by atomic mass is 10.2. The van der Waals surface area contributed by atoms with Gasteiger partial charge in [-0.2, -0.15) is 0 Å². The summed E-state index contributed by atoms with van der Waals surface area (Å²) in [6.45, 7) is 0.382. The molecule has 1 atom stereocenters. The summed E-state index contributed by atoms with van der Waals surface area (Å²) < 4.78 is 4.82. The Bertz CT molecular complexity index is 321. The van der Waals surface area contributed by atoms with Gasteiger partial charge in [0.2, 0.25) is 0 Å². The van der Waals surface area contributed by atoms with E-state index in [0.717, 1.165) is 5.56 Å². The minimum atomic E-state index is -0.403. The Morgan fingerprint density at radius 1 is 1.33 bits per heavy atom. The van der Waals surface area contributed by atoms with Crippen LogP contribution in [0.25, 0.3) is 0 Å². The smallest absolute Gasteiger partial charge is 0.0782 e. The number of benzene rings is 1. The van der Waals surface area contributed by atoms with Crippen molar-refractivity contribution in [1.82, 2.24) is 0 Å². The third-order valence-electron chi connectivity index (χ3n) is 1.97. The fourth-order valence-electron chi connectivity index (χ4n) is 1.20. The molecule has 80 valence electrons. The molecule has 15 heavy (non-hydrogen) atoms. The van der Waals surface area contributed by atoms with Gasteiger partial charge in [0.15, 0.2) is 0 Å². The van der Waals surface area contributed by atoms with Crippen molar-refractivity contribution in [3.05, 3.63) is 35.9 Å². The van der Waals surface area contributed by atoms with Gasteiger partial charge in [-0.15, -0.1) is 0 Å². The molecule has 0 heterocycles. The van der Waals surface area contributed by atoms with Crippen molar-refractivity contribution in [2.45, 2.75) is 18.9 Å². The van der Waals surface area contributed by atoms with Crippen LogP contribution in [-0.4, -0.2) is 24.9 Å². The molecular formula is C13H16O2. The normalized spacial score (nSPS) is 11.6. The van der Waals surface area contributed by atoms with Gasteiger partial charge in [0, 0.05) is 19.1 Å². The highest BCUT2D eigenvalue weighted by Gasteiger charge is 2.00. The molecule has 0 aromatic heterocycles. The predicted molar refractivity (Wildman–Crippen MR) is 60.4 cm³/mol. The van der Waals surface area contributed by atoms with Crippen molar-refractivity contribution >= 4 is 0 Å². The van der Waals surface area contributed by atoms with Crippen LogP contribution in [-0.2, 0) is 4.74 Å². The average molecular weight is 204 g/mol. The Kier molecular flexibility index (Phi) is 5.54. The third-order valence-corrected chi connectivity index (χ3v) is 1.97. The van der Waals surface area contributed by atoms with E-state index in [1.165, 1.54) is 0 Å². The van der Waals surface area contributed by atoms with Crippen LogP contribution in [0, 0.1) is 11.8 Å². The minimum absolute atomic E-state index is 0.382. The molecule has 1 rings (SSSR count). The first-order valence-electron chi connectivity index (χ1n) is 5.04. The largest absolute Gasteiger partial charge is 0.391 e. The Labute approximate surface area is 90.9 Å². The summed E-state index contributed by atoms with van der Waals surface area (Å²) in [6, 6.07) is 9.83. The zero-order chi connectivity index (χ0) is 10.9. The quantitative estimate of drug-likeness (QED) is 0.758. The number of rotatable bonds is 4. The zero-order valence-corrected chi connectivity index (χ0v) is 8.94. The lowest BCUT2D eigenvalue weighted by Crippen LogP contribution is -2.12. The van der Waals surface area contributed by atoms with Gasteiger partial charge < -0.3 is 9.84 Å². The van der Waals surface area contributed by atoms with Crippen LogP contribution in [0.1, 0.15) is 18.4 Å². The molecule has 0 aliphatic carbocycles. The fraction of sp³-hybridized carbons (Fsp3) is 0.385. The van der Waals surface area contributed by atoms with E-state index < -0.39 is 6.10 Å². The second kappa shape index (κ2) is 7.05. The van der Waals surface area contributed by atoms with Crippen molar-refractivity contribution in [1.29, 1.82) is 0 Å². The summed E-state index contributed by atoms with van der Waals surface area (Å²) >= 11 is 0. The first-order valence-corrected chi connectivity index (χ1v) is 5.04. The van der Waals surface area contributed by atoms with Gasteiger partial charge in [-0.3, -0.25) is 0 Å². The van der Waals surface area contributed by atoms with Crippen LogP contribution in [0.15, 0.2) is 30.3 Å². The zero-order valence-electron chi connectivity index (χ0n) is 8.94. The van der Waals surface area contributed by atoms with Crippen LogP contribution in [0.5, 0.6) is 0 Å². The topological polar surface area (TPSA) is 29.5 Å². The molecule has 1 N–H and O–H groups in total. The molecule has 0 bridgehead atoms. The van der Waals surface area contributed by atoms with Crippen molar-refractivity contribution in [2.75, 3.05) is 13.7 Å². The van der Waals surface area contributed by atoms with E-state index in [1.54, 1.807) is 7.11 Å².